The summed E-state index contributed by atoms with van der Waals surface area (Å²) in [5.41, 5.74) is 1.60. The Morgan fingerprint density at radius 3 is 2.43 bits per heavy atom. The molecule has 2 aromatic carbocycles. The summed E-state index contributed by atoms with van der Waals surface area (Å²) in [5.74, 6) is -1.13. The van der Waals surface area contributed by atoms with Crippen LogP contribution in [-0.2, 0) is 6.42 Å². The molecule has 0 amide bonds. The van der Waals surface area contributed by atoms with Gasteiger partial charge in [-0.25, -0.2) is 4.39 Å². The molecule has 3 nitrogen and oxygen atoms in total. The highest BCUT2D eigenvalue weighted by Crippen LogP contribution is 2.31. The predicted octanol–water partition coefficient (Wildman–Crippen LogP) is 5.97. The van der Waals surface area contributed by atoms with Crippen molar-refractivity contribution in [3.8, 4) is 17.0 Å². The molecule has 0 spiro atoms. The van der Waals surface area contributed by atoms with Crippen molar-refractivity contribution in [2.45, 2.75) is 12.8 Å². The minimum Gasteiger partial charge on any atom is -0.405 e. The van der Waals surface area contributed by atoms with Gasteiger partial charge in [-0.1, -0.05) is 18.2 Å². The van der Waals surface area contributed by atoms with Gasteiger partial charge in [0.15, 0.2) is 5.78 Å². The third-order valence-electron chi connectivity index (χ3n) is 3.82. The summed E-state index contributed by atoms with van der Waals surface area (Å²) in [6.07, 6.45) is -3.36. The molecule has 8 heteroatoms. The molecule has 3 aromatic rings. The monoisotopic (exact) mass is 453 g/mol. The number of hydrogen-bond donors (Lipinski definition) is 0. The zero-order chi connectivity index (χ0) is 20.3. The van der Waals surface area contributed by atoms with Gasteiger partial charge in [-0.15, -0.1) is 13.2 Å². The SMILES string of the molecule is O=C(Cc1ccc(-c2ccccc2F)nc1)c1ccc(OC(F)(F)F)c(Br)c1. The standard InChI is InChI=1S/C20H12BrF4NO2/c21-15-10-13(6-8-19(15)28-20(23,24)25)18(27)9-12-5-7-17(26-11-12)14-3-1-2-4-16(14)22/h1-8,10-11H,9H2. The molecule has 0 aliphatic carbocycles. The molecular formula is C20H12BrF4NO2. The van der Waals surface area contributed by atoms with Gasteiger partial charge in [0.25, 0.3) is 0 Å². The smallest absolute Gasteiger partial charge is 0.405 e. The van der Waals surface area contributed by atoms with Crippen LogP contribution in [0.5, 0.6) is 5.75 Å². The Kier molecular flexibility index (Phi) is 5.79. The molecule has 1 heterocycles. The van der Waals surface area contributed by atoms with Gasteiger partial charge in [0.2, 0.25) is 0 Å². The lowest BCUT2D eigenvalue weighted by Gasteiger charge is -2.11. The van der Waals surface area contributed by atoms with E-state index in [4.69, 9.17) is 0 Å². The number of Topliss-reactive ketones (excluding diaryl/α,β-unsaturated/α-hetero) is 1. The van der Waals surface area contributed by atoms with E-state index in [1.165, 1.54) is 24.4 Å². The predicted molar refractivity (Wildman–Crippen MR) is 98.5 cm³/mol. The Morgan fingerprint density at radius 2 is 1.82 bits per heavy atom. The summed E-state index contributed by atoms with van der Waals surface area (Å²) in [4.78, 5) is 16.6. The third kappa shape index (κ3) is 4.95. The minimum atomic E-state index is -4.82. The van der Waals surface area contributed by atoms with Crippen molar-refractivity contribution in [1.82, 2.24) is 4.98 Å². The number of rotatable bonds is 5. The molecule has 0 saturated heterocycles. The van der Waals surface area contributed by atoms with Crippen LogP contribution in [0.1, 0.15) is 15.9 Å². The molecule has 1 aromatic heterocycles. The second-order valence-electron chi connectivity index (χ2n) is 5.82. The van der Waals surface area contributed by atoms with Crippen molar-refractivity contribution in [1.29, 1.82) is 0 Å². The van der Waals surface area contributed by atoms with E-state index in [2.05, 4.69) is 25.7 Å². The largest absolute Gasteiger partial charge is 0.573 e. The molecule has 0 aliphatic heterocycles. The summed E-state index contributed by atoms with van der Waals surface area (Å²) in [7, 11) is 0. The Morgan fingerprint density at radius 1 is 1.07 bits per heavy atom. The van der Waals surface area contributed by atoms with Crippen LogP contribution in [0.3, 0.4) is 0 Å². The van der Waals surface area contributed by atoms with Crippen molar-refractivity contribution < 1.29 is 27.1 Å². The van der Waals surface area contributed by atoms with Crippen LogP contribution >= 0.6 is 15.9 Å². The van der Waals surface area contributed by atoms with Crippen LogP contribution < -0.4 is 4.74 Å². The molecule has 0 bridgehead atoms. The molecular weight excluding hydrogens is 442 g/mol. The lowest BCUT2D eigenvalue weighted by molar-refractivity contribution is -0.274. The topological polar surface area (TPSA) is 39.2 Å². The van der Waals surface area contributed by atoms with E-state index >= 15 is 0 Å². The van der Waals surface area contributed by atoms with E-state index in [0.29, 0.717) is 16.8 Å². The number of pyridine rings is 1. The van der Waals surface area contributed by atoms with E-state index in [0.717, 1.165) is 6.07 Å². The fourth-order valence-corrected chi connectivity index (χ4v) is 2.99. The van der Waals surface area contributed by atoms with Crippen molar-refractivity contribution in [2.75, 3.05) is 0 Å². The highest BCUT2D eigenvalue weighted by molar-refractivity contribution is 9.10. The number of carbonyl (C=O) groups is 1. The number of aromatic nitrogens is 1. The minimum absolute atomic E-state index is 0.00351. The van der Waals surface area contributed by atoms with E-state index in [1.54, 1.807) is 30.3 Å². The first-order valence-electron chi connectivity index (χ1n) is 8.01. The summed E-state index contributed by atoms with van der Waals surface area (Å²) in [6, 6.07) is 13.1. The molecule has 0 atom stereocenters. The Labute approximate surface area is 166 Å². The molecule has 0 aliphatic rings. The molecule has 0 N–H and O–H groups in total. The Balaban J connectivity index is 1.73. The maximum Gasteiger partial charge on any atom is 0.573 e. The van der Waals surface area contributed by atoms with Crippen molar-refractivity contribution >= 4 is 21.7 Å². The van der Waals surface area contributed by atoms with E-state index in [9.17, 15) is 22.4 Å². The van der Waals surface area contributed by atoms with Crippen LogP contribution in [-0.4, -0.2) is 17.1 Å². The summed E-state index contributed by atoms with van der Waals surface area (Å²) >= 11 is 2.97. The van der Waals surface area contributed by atoms with Crippen LogP contribution in [0.25, 0.3) is 11.3 Å². The normalized spacial score (nSPS) is 11.3. The molecule has 0 saturated carbocycles. The number of hydrogen-bond acceptors (Lipinski definition) is 3. The average Bonchev–Trinajstić information content (AvgIpc) is 2.63. The van der Waals surface area contributed by atoms with Gasteiger partial charge in [0.1, 0.15) is 11.6 Å². The lowest BCUT2D eigenvalue weighted by atomic mass is 10.0. The quantitative estimate of drug-likeness (QED) is 0.352. The molecule has 0 unspecified atom stereocenters. The van der Waals surface area contributed by atoms with Crippen molar-refractivity contribution in [3.05, 3.63) is 82.2 Å². The van der Waals surface area contributed by atoms with Gasteiger partial charge in [-0.05, 0) is 57.9 Å². The average molecular weight is 454 g/mol. The van der Waals surface area contributed by atoms with Crippen LogP contribution in [0.4, 0.5) is 17.6 Å². The number of ketones is 1. The van der Waals surface area contributed by atoms with Crippen molar-refractivity contribution in [3.63, 3.8) is 0 Å². The van der Waals surface area contributed by atoms with Gasteiger partial charge in [0, 0.05) is 23.7 Å². The van der Waals surface area contributed by atoms with Gasteiger partial charge >= 0.3 is 6.36 Å². The number of nitrogens with zero attached hydrogens (tertiary/aromatic N) is 1. The van der Waals surface area contributed by atoms with E-state index in [-0.39, 0.29) is 22.2 Å². The summed E-state index contributed by atoms with van der Waals surface area (Å²) in [5, 5.41) is 0. The number of halogens is 5. The lowest BCUT2D eigenvalue weighted by Crippen LogP contribution is -2.17. The van der Waals surface area contributed by atoms with Gasteiger partial charge in [-0.2, -0.15) is 0 Å². The second kappa shape index (κ2) is 8.10. The van der Waals surface area contributed by atoms with Crippen molar-refractivity contribution in [2.24, 2.45) is 0 Å². The van der Waals surface area contributed by atoms with E-state index in [1.807, 2.05) is 0 Å². The van der Waals surface area contributed by atoms with Crippen LogP contribution in [0.15, 0.2) is 65.3 Å². The van der Waals surface area contributed by atoms with Gasteiger partial charge < -0.3 is 4.74 Å². The highest BCUT2D eigenvalue weighted by Gasteiger charge is 2.32. The zero-order valence-electron chi connectivity index (χ0n) is 14.1. The Hall–Kier alpha value is -2.74. The number of alkyl halides is 3. The first-order valence-corrected chi connectivity index (χ1v) is 8.80. The zero-order valence-corrected chi connectivity index (χ0v) is 15.7. The maximum absolute atomic E-state index is 13.8. The molecule has 3 rings (SSSR count). The third-order valence-corrected chi connectivity index (χ3v) is 4.44. The molecule has 28 heavy (non-hydrogen) atoms. The number of carbonyl (C=O) groups excluding carboxylic acids is 1. The summed E-state index contributed by atoms with van der Waals surface area (Å²) in [6.45, 7) is 0. The summed E-state index contributed by atoms with van der Waals surface area (Å²) < 4.78 is 54.6. The molecule has 0 radical (unpaired) electrons. The second-order valence-corrected chi connectivity index (χ2v) is 6.68. The fraction of sp³-hybridized carbons (Fsp3) is 0.100. The van der Waals surface area contributed by atoms with Crippen LogP contribution in [0.2, 0.25) is 0 Å². The van der Waals surface area contributed by atoms with E-state index < -0.39 is 17.9 Å². The van der Waals surface area contributed by atoms with Gasteiger partial charge in [-0.3, -0.25) is 9.78 Å². The van der Waals surface area contributed by atoms with Gasteiger partial charge in [0.05, 0.1) is 10.2 Å². The molecule has 0 fully saturated rings. The fourth-order valence-electron chi connectivity index (χ4n) is 2.53. The number of ether oxygens (including phenoxy) is 1. The first-order chi connectivity index (χ1) is 13.2. The molecule has 144 valence electrons. The Bertz CT molecular complexity index is 1000. The number of benzene rings is 2. The first kappa shape index (κ1) is 20.0. The highest BCUT2D eigenvalue weighted by atomic mass is 79.9. The maximum atomic E-state index is 13.8. The van der Waals surface area contributed by atoms with Crippen LogP contribution in [0, 0.1) is 5.82 Å².